The highest BCUT2D eigenvalue weighted by atomic mass is 32.2. The normalized spacial score (nSPS) is 11.7. The Morgan fingerprint density at radius 3 is 2.58 bits per heavy atom. The number of H-pyrrole nitrogens is 1. The Morgan fingerprint density at radius 2 is 1.94 bits per heavy atom. The average Bonchev–Trinajstić information content (AvgIpc) is 3.47. The van der Waals surface area contributed by atoms with Crippen molar-refractivity contribution in [1.29, 1.82) is 5.26 Å². The quantitative estimate of drug-likeness (QED) is 0.391. The van der Waals surface area contributed by atoms with Gasteiger partial charge >= 0.3 is 6.18 Å². The zero-order valence-corrected chi connectivity index (χ0v) is 17.9. The number of anilines is 1. The number of ether oxygens (including phenoxy) is 1. The number of rotatable bonds is 6. The predicted molar refractivity (Wildman–Crippen MR) is 113 cm³/mol. The molecule has 0 aliphatic carbocycles. The molecule has 13 heteroatoms. The van der Waals surface area contributed by atoms with Crippen LogP contribution in [-0.2, 0) is 16.2 Å². The number of aromatic amines is 1. The Balaban J connectivity index is 1.70. The maximum atomic E-state index is 13.2. The van der Waals surface area contributed by atoms with E-state index < -0.39 is 21.8 Å². The third-order valence-electron chi connectivity index (χ3n) is 4.37. The van der Waals surface area contributed by atoms with E-state index in [1.165, 1.54) is 30.7 Å². The van der Waals surface area contributed by atoms with Crippen LogP contribution >= 0.6 is 11.3 Å². The van der Waals surface area contributed by atoms with E-state index in [4.69, 9.17) is 4.74 Å². The summed E-state index contributed by atoms with van der Waals surface area (Å²) in [6, 6.07) is 8.30. The summed E-state index contributed by atoms with van der Waals surface area (Å²) in [5.41, 5.74) is -0.595. The van der Waals surface area contributed by atoms with Crippen molar-refractivity contribution in [2.75, 3.05) is 4.72 Å². The lowest BCUT2D eigenvalue weighted by Gasteiger charge is -2.15. The molecule has 2 heterocycles. The van der Waals surface area contributed by atoms with Crippen molar-refractivity contribution in [1.82, 2.24) is 15.2 Å². The van der Waals surface area contributed by atoms with Crippen molar-refractivity contribution in [2.24, 2.45) is 0 Å². The lowest BCUT2D eigenvalue weighted by Crippen LogP contribution is -2.13. The molecule has 0 radical (unpaired) electrons. The summed E-state index contributed by atoms with van der Waals surface area (Å²) in [5.74, 6) is -0.00683. The highest BCUT2D eigenvalue weighted by molar-refractivity contribution is 7.93. The molecule has 2 aromatic carbocycles. The molecule has 0 saturated heterocycles. The summed E-state index contributed by atoms with van der Waals surface area (Å²) in [7, 11) is -4.02. The number of nitrogens with zero attached hydrogens (tertiary/aromatic N) is 3. The van der Waals surface area contributed by atoms with Crippen molar-refractivity contribution in [3.63, 3.8) is 0 Å². The Morgan fingerprint density at radius 1 is 1.15 bits per heavy atom. The van der Waals surface area contributed by atoms with Crippen LogP contribution in [0.15, 0.2) is 65.3 Å². The molecule has 2 N–H and O–H groups in total. The fourth-order valence-corrected chi connectivity index (χ4v) is 4.65. The Kier molecular flexibility index (Phi) is 5.79. The molecule has 2 aromatic heterocycles. The van der Waals surface area contributed by atoms with E-state index in [1.807, 2.05) is 6.07 Å². The lowest BCUT2D eigenvalue weighted by molar-refractivity contribution is -0.137. The van der Waals surface area contributed by atoms with Crippen LogP contribution in [0.2, 0.25) is 0 Å². The molecule has 0 saturated carbocycles. The van der Waals surface area contributed by atoms with Gasteiger partial charge in [0, 0.05) is 28.9 Å². The average molecular weight is 491 g/mol. The van der Waals surface area contributed by atoms with Crippen molar-refractivity contribution in [3.8, 4) is 28.7 Å². The standard InChI is InChI=1S/C20H12F3N5O3S2/c21-20(22,23)14-1-3-18(16(8-14)13-10-26-27-11-13)31-17-4-2-15(7-12(17)9-24)33(29,30)28-19-25-5-6-32-19/h1-8,10-11H,(H,25,28)(H,26,27). The molecule has 0 aliphatic rings. The van der Waals surface area contributed by atoms with E-state index in [0.717, 1.165) is 35.6 Å². The van der Waals surface area contributed by atoms with Gasteiger partial charge in [0.1, 0.15) is 17.6 Å². The van der Waals surface area contributed by atoms with Gasteiger partial charge in [-0.15, -0.1) is 11.3 Å². The van der Waals surface area contributed by atoms with Crippen LogP contribution in [-0.4, -0.2) is 23.6 Å². The van der Waals surface area contributed by atoms with Gasteiger partial charge in [0.15, 0.2) is 5.13 Å². The Labute approximate surface area is 189 Å². The first-order chi connectivity index (χ1) is 15.7. The third kappa shape index (κ3) is 4.81. The van der Waals surface area contributed by atoms with Crippen LogP contribution in [0, 0.1) is 11.3 Å². The van der Waals surface area contributed by atoms with Gasteiger partial charge in [-0.3, -0.25) is 9.82 Å². The fraction of sp³-hybridized carbons (Fsp3) is 0.0500. The first-order valence-corrected chi connectivity index (χ1v) is 11.4. The van der Waals surface area contributed by atoms with Gasteiger partial charge < -0.3 is 4.74 Å². The number of halogens is 3. The third-order valence-corrected chi connectivity index (χ3v) is 6.53. The molecule has 168 valence electrons. The van der Waals surface area contributed by atoms with Gasteiger partial charge in [-0.1, -0.05) is 0 Å². The minimum Gasteiger partial charge on any atom is -0.455 e. The van der Waals surface area contributed by atoms with E-state index in [2.05, 4.69) is 19.9 Å². The minimum absolute atomic E-state index is 0.0254. The molecule has 0 atom stereocenters. The minimum atomic E-state index is -4.57. The maximum absolute atomic E-state index is 13.2. The van der Waals surface area contributed by atoms with Crippen LogP contribution in [0.25, 0.3) is 11.1 Å². The van der Waals surface area contributed by atoms with Gasteiger partial charge in [0.2, 0.25) is 0 Å². The van der Waals surface area contributed by atoms with Gasteiger partial charge in [-0.05, 0) is 36.4 Å². The van der Waals surface area contributed by atoms with Crippen LogP contribution in [0.5, 0.6) is 11.5 Å². The lowest BCUT2D eigenvalue weighted by atomic mass is 10.0. The van der Waals surface area contributed by atoms with E-state index >= 15 is 0 Å². The van der Waals surface area contributed by atoms with Crippen LogP contribution < -0.4 is 9.46 Å². The highest BCUT2D eigenvalue weighted by Crippen LogP contribution is 2.39. The maximum Gasteiger partial charge on any atom is 0.416 e. The van der Waals surface area contributed by atoms with Crippen LogP contribution in [0.1, 0.15) is 11.1 Å². The number of sulfonamides is 1. The first-order valence-electron chi connectivity index (χ1n) is 9.02. The number of nitriles is 1. The van der Waals surface area contributed by atoms with Gasteiger partial charge in [0.25, 0.3) is 10.0 Å². The van der Waals surface area contributed by atoms with Crippen LogP contribution in [0.3, 0.4) is 0 Å². The Hall–Kier alpha value is -3.89. The second-order valence-electron chi connectivity index (χ2n) is 6.51. The van der Waals surface area contributed by atoms with Crippen molar-refractivity contribution in [3.05, 3.63) is 71.5 Å². The molecule has 4 aromatic rings. The molecule has 33 heavy (non-hydrogen) atoms. The summed E-state index contributed by atoms with van der Waals surface area (Å²) >= 11 is 1.08. The first kappa shape index (κ1) is 22.3. The largest absolute Gasteiger partial charge is 0.455 e. The molecule has 4 rings (SSSR count). The summed E-state index contributed by atoms with van der Waals surface area (Å²) in [5, 5.41) is 17.6. The number of benzene rings is 2. The summed E-state index contributed by atoms with van der Waals surface area (Å²) in [6.45, 7) is 0. The molecule has 0 aliphatic heterocycles. The van der Waals surface area contributed by atoms with Crippen molar-refractivity contribution in [2.45, 2.75) is 11.1 Å². The molecular formula is C20H12F3N5O3S2. The summed E-state index contributed by atoms with van der Waals surface area (Å²) < 4.78 is 72.8. The molecule has 0 unspecified atom stereocenters. The van der Waals surface area contributed by atoms with Gasteiger partial charge in [-0.25, -0.2) is 13.4 Å². The number of nitrogens with one attached hydrogen (secondary N) is 2. The van der Waals surface area contributed by atoms with Crippen LogP contribution in [0.4, 0.5) is 18.3 Å². The van der Waals surface area contributed by atoms with Crippen molar-refractivity contribution < 1.29 is 26.3 Å². The van der Waals surface area contributed by atoms with E-state index in [1.54, 1.807) is 5.38 Å². The molecule has 0 amide bonds. The molecule has 0 fully saturated rings. The van der Waals surface area contributed by atoms with Gasteiger partial charge in [0.05, 0.1) is 22.2 Å². The second-order valence-corrected chi connectivity index (χ2v) is 9.09. The summed E-state index contributed by atoms with van der Waals surface area (Å²) in [4.78, 5) is 3.65. The van der Waals surface area contributed by atoms with E-state index in [-0.39, 0.29) is 32.7 Å². The smallest absolute Gasteiger partial charge is 0.416 e. The summed E-state index contributed by atoms with van der Waals surface area (Å²) in [6.07, 6.45) is -0.419. The van der Waals surface area contributed by atoms with Crippen molar-refractivity contribution >= 4 is 26.5 Å². The number of hydrogen-bond acceptors (Lipinski definition) is 7. The number of alkyl halides is 3. The predicted octanol–water partition coefficient (Wildman–Crippen LogP) is 5.02. The molecular weight excluding hydrogens is 479 g/mol. The zero-order chi connectivity index (χ0) is 23.6. The molecule has 8 nitrogen and oxygen atoms in total. The SMILES string of the molecule is N#Cc1cc(S(=O)(=O)Nc2nccs2)ccc1Oc1ccc(C(F)(F)F)cc1-c1cn[nH]c1. The van der Waals surface area contributed by atoms with Gasteiger partial charge in [-0.2, -0.15) is 23.5 Å². The topological polar surface area (TPSA) is 121 Å². The highest BCUT2D eigenvalue weighted by Gasteiger charge is 2.31. The number of hydrogen-bond donors (Lipinski definition) is 2. The Bertz CT molecular complexity index is 1430. The van der Waals surface area contributed by atoms with E-state index in [0.29, 0.717) is 5.56 Å². The molecule has 0 bridgehead atoms. The molecule has 0 spiro atoms. The number of thiazole rings is 1. The fourth-order valence-electron chi connectivity index (χ4n) is 2.84. The second kappa shape index (κ2) is 8.57. The number of aromatic nitrogens is 3. The monoisotopic (exact) mass is 491 g/mol. The zero-order valence-electron chi connectivity index (χ0n) is 16.3. The van der Waals surface area contributed by atoms with E-state index in [9.17, 15) is 26.9 Å².